The first-order valence-electron chi connectivity index (χ1n) is 5.26. The summed E-state index contributed by atoms with van der Waals surface area (Å²) in [6.45, 7) is 5.13. The van der Waals surface area contributed by atoms with E-state index in [2.05, 4.69) is 5.32 Å². The van der Waals surface area contributed by atoms with Crippen LogP contribution in [0, 0.1) is 6.92 Å². The zero-order chi connectivity index (χ0) is 14.1. The van der Waals surface area contributed by atoms with E-state index in [1.54, 1.807) is 13.8 Å². The molecule has 3 N–H and O–H groups in total. The van der Waals surface area contributed by atoms with Gasteiger partial charge in [0.2, 0.25) is 10.0 Å². The highest BCUT2D eigenvalue weighted by molar-refractivity contribution is 7.89. The zero-order valence-corrected chi connectivity index (χ0v) is 11.9. The molecule has 0 unspecified atom stereocenters. The largest absolute Gasteiger partial charge is 0.350 e. The van der Waals surface area contributed by atoms with Gasteiger partial charge in [0.1, 0.15) is 0 Å². The third kappa shape index (κ3) is 3.44. The summed E-state index contributed by atoms with van der Waals surface area (Å²) in [5, 5.41) is 7.90. The van der Waals surface area contributed by atoms with E-state index in [-0.39, 0.29) is 27.4 Å². The molecule has 5 nitrogen and oxygen atoms in total. The Morgan fingerprint density at radius 1 is 1.39 bits per heavy atom. The number of carbonyl (C=O) groups is 1. The molecule has 100 valence electrons. The second-order valence-corrected chi connectivity index (χ2v) is 6.22. The van der Waals surface area contributed by atoms with Gasteiger partial charge in [-0.05, 0) is 38.5 Å². The van der Waals surface area contributed by atoms with Crippen LogP contribution in [-0.4, -0.2) is 20.4 Å². The fraction of sp³-hybridized carbons (Fsp3) is 0.364. The minimum absolute atomic E-state index is 0.0613. The van der Waals surface area contributed by atoms with Crippen molar-refractivity contribution in [3.05, 3.63) is 28.3 Å². The van der Waals surface area contributed by atoms with E-state index in [1.807, 2.05) is 0 Å². The maximum absolute atomic E-state index is 11.9. The Balaban J connectivity index is 3.39. The lowest BCUT2D eigenvalue weighted by atomic mass is 10.1. The zero-order valence-electron chi connectivity index (χ0n) is 10.3. The molecule has 0 saturated heterocycles. The van der Waals surface area contributed by atoms with Crippen molar-refractivity contribution in [2.24, 2.45) is 5.14 Å². The van der Waals surface area contributed by atoms with Crippen molar-refractivity contribution >= 4 is 27.5 Å². The summed E-state index contributed by atoms with van der Waals surface area (Å²) in [7, 11) is -3.90. The van der Waals surface area contributed by atoms with Gasteiger partial charge in [0, 0.05) is 16.6 Å². The van der Waals surface area contributed by atoms with Gasteiger partial charge in [0.25, 0.3) is 5.91 Å². The van der Waals surface area contributed by atoms with Gasteiger partial charge in [-0.3, -0.25) is 4.79 Å². The molecule has 0 atom stereocenters. The van der Waals surface area contributed by atoms with Crippen LogP contribution in [0.1, 0.15) is 29.8 Å². The molecular formula is C11H15ClN2O3S. The number of amides is 1. The molecule has 0 aliphatic heterocycles. The first-order valence-corrected chi connectivity index (χ1v) is 7.19. The standard InChI is InChI=1S/C11H15ClN2O3S/c1-6(2)14-11(15)9-4-8(12)5-10(7(9)3)18(13,16)17/h4-6H,1-3H3,(H,14,15)(H2,13,16,17). The molecule has 0 aliphatic carbocycles. The summed E-state index contributed by atoms with van der Waals surface area (Å²) in [6.07, 6.45) is 0. The van der Waals surface area contributed by atoms with Gasteiger partial charge < -0.3 is 5.32 Å². The van der Waals surface area contributed by atoms with Crippen LogP contribution >= 0.6 is 11.6 Å². The van der Waals surface area contributed by atoms with E-state index in [9.17, 15) is 13.2 Å². The summed E-state index contributed by atoms with van der Waals surface area (Å²) in [4.78, 5) is 11.8. The summed E-state index contributed by atoms with van der Waals surface area (Å²) in [5.41, 5.74) is 0.500. The van der Waals surface area contributed by atoms with Crippen molar-refractivity contribution in [1.82, 2.24) is 5.32 Å². The van der Waals surface area contributed by atoms with Crippen LogP contribution in [-0.2, 0) is 10.0 Å². The molecule has 0 heterocycles. The second-order valence-electron chi connectivity index (χ2n) is 4.25. The number of nitrogens with two attached hydrogens (primary N) is 1. The van der Waals surface area contributed by atoms with E-state index in [1.165, 1.54) is 19.1 Å². The molecule has 0 aliphatic rings. The Morgan fingerprint density at radius 3 is 2.39 bits per heavy atom. The Kier molecular flexibility index (Phi) is 4.37. The minimum atomic E-state index is -3.90. The molecule has 0 spiro atoms. The molecule has 0 radical (unpaired) electrons. The molecule has 0 bridgehead atoms. The van der Waals surface area contributed by atoms with Gasteiger partial charge in [0.15, 0.2) is 0 Å². The van der Waals surface area contributed by atoms with E-state index in [0.29, 0.717) is 5.56 Å². The SMILES string of the molecule is Cc1c(C(=O)NC(C)C)cc(Cl)cc1S(N)(=O)=O. The molecule has 1 rings (SSSR count). The van der Waals surface area contributed by atoms with E-state index < -0.39 is 10.0 Å². The van der Waals surface area contributed by atoms with Crippen molar-refractivity contribution in [1.29, 1.82) is 0 Å². The minimum Gasteiger partial charge on any atom is -0.350 e. The summed E-state index contributed by atoms with van der Waals surface area (Å²) in [5.74, 6) is -0.380. The maximum Gasteiger partial charge on any atom is 0.251 e. The molecule has 7 heteroatoms. The smallest absolute Gasteiger partial charge is 0.251 e. The quantitative estimate of drug-likeness (QED) is 0.882. The highest BCUT2D eigenvalue weighted by Gasteiger charge is 2.19. The lowest BCUT2D eigenvalue weighted by Gasteiger charge is -2.13. The lowest BCUT2D eigenvalue weighted by Crippen LogP contribution is -2.31. The highest BCUT2D eigenvalue weighted by Crippen LogP contribution is 2.23. The number of sulfonamides is 1. The van der Waals surface area contributed by atoms with Crippen molar-refractivity contribution in [3.8, 4) is 0 Å². The van der Waals surface area contributed by atoms with Crippen molar-refractivity contribution < 1.29 is 13.2 Å². The van der Waals surface area contributed by atoms with Gasteiger partial charge in [-0.15, -0.1) is 0 Å². The van der Waals surface area contributed by atoms with Gasteiger partial charge >= 0.3 is 0 Å². The summed E-state index contributed by atoms with van der Waals surface area (Å²) < 4.78 is 22.8. The fourth-order valence-corrected chi connectivity index (χ4v) is 2.64. The third-order valence-electron chi connectivity index (χ3n) is 2.30. The molecule has 18 heavy (non-hydrogen) atoms. The number of benzene rings is 1. The molecular weight excluding hydrogens is 276 g/mol. The van der Waals surface area contributed by atoms with E-state index in [0.717, 1.165) is 0 Å². The highest BCUT2D eigenvalue weighted by atomic mass is 35.5. The number of hydrogen-bond donors (Lipinski definition) is 2. The normalized spacial score (nSPS) is 11.7. The molecule has 0 aromatic heterocycles. The number of nitrogens with one attached hydrogen (secondary N) is 1. The number of carbonyl (C=O) groups excluding carboxylic acids is 1. The Labute approximate surface area is 111 Å². The Bertz CT molecular complexity index is 582. The Morgan fingerprint density at radius 2 is 1.94 bits per heavy atom. The van der Waals surface area contributed by atoms with E-state index in [4.69, 9.17) is 16.7 Å². The van der Waals surface area contributed by atoms with Crippen LogP contribution in [0.15, 0.2) is 17.0 Å². The number of hydrogen-bond acceptors (Lipinski definition) is 3. The molecule has 1 amide bonds. The van der Waals surface area contributed by atoms with Crippen LogP contribution in [0.3, 0.4) is 0 Å². The van der Waals surface area contributed by atoms with Crippen molar-refractivity contribution in [2.45, 2.75) is 31.7 Å². The molecule has 1 aromatic rings. The van der Waals surface area contributed by atoms with Crippen LogP contribution in [0.4, 0.5) is 0 Å². The number of primary sulfonamides is 1. The summed E-state index contributed by atoms with van der Waals surface area (Å²) in [6, 6.07) is 2.59. The maximum atomic E-state index is 11.9. The van der Waals surface area contributed by atoms with Crippen molar-refractivity contribution in [2.75, 3.05) is 0 Å². The monoisotopic (exact) mass is 290 g/mol. The average molecular weight is 291 g/mol. The molecule has 1 aromatic carbocycles. The fourth-order valence-electron chi connectivity index (χ4n) is 1.53. The average Bonchev–Trinajstić information content (AvgIpc) is 2.18. The van der Waals surface area contributed by atoms with Gasteiger partial charge in [-0.1, -0.05) is 11.6 Å². The van der Waals surface area contributed by atoms with Crippen LogP contribution in [0.5, 0.6) is 0 Å². The topological polar surface area (TPSA) is 89.3 Å². The predicted octanol–water partition coefficient (Wildman–Crippen LogP) is 1.43. The van der Waals surface area contributed by atoms with E-state index >= 15 is 0 Å². The second kappa shape index (κ2) is 5.26. The van der Waals surface area contributed by atoms with Crippen molar-refractivity contribution in [3.63, 3.8) is 0 Å². The first kappa shape index (κ1) is 14.9. The Hall–Kier alpha value is -1.11. The number of rotatable bonds is 3. The number of halogens is 1. The lowest BCUT2D eigenvalue weighted by molar-refractivity contribution is 0.0942. The first-order chi connectivity index (χ1) is 8.12. The van der Waals surface area contributed by atoms with Gasteiger partial charge in [0.05, 0.1) is 4.90 Å². The van der Waals surface area contributed by atoms with Crippen LogP contribution in [0.2, 0.25) is 5.02 Å². The van der Waals surface area contributed by atoms with Crippen LogP contribution in [0.25, 0.3) is 0 Å². The molecule has 0 saturated carbocycles. The predicted molar refractivity (Wildman–Crippen MR) is 70.2 cm³/mol. The summed E-state index contributed by atoms with van der Waals surface area (Å²) >= 11 is 5.81. The van der Waals surface area contributed by atoms with Gasteiger partial charge in [-0.25, -0.2) is 13.6 Å². The van der Waals surface area contributed by atoms with Crippen LogP contribution < -0.4 is 10.5 Å². The molecule has 0 fully saturated rings. The third-order valence-corrected chi connectivity index (χ3v) is 3.55. The van der Waals surface area contributed by atoms with Gasteiger partial charge in [-0.2, -0.15) is 0 Å².